The monoisotopic (exact) mass is 832 g/mol. The zero-order valence-electron chi connectivity index (χ0n) is 34.7. The third-order valence-electron chi connectivity index (χ3n) is 9.92. The van der Waals surface area contributed by atoms with Crippen LogP contribution in [0.15, 0.2) is 48.6 Å². The number of hydrogen-bond donors (Lipinski definition) is 7. The van der Waals surface area contributed by atoms with Crippen molar-refractivity contribution in [1.29, 1.82) is 0 Å². The van der Waals surface area contributed by atoms with Gasteiger partial charge < -0.3 is 40.3 Å². The van der Waals surface area contributed by atoms with Crippen LogP contribution in [0.2, 0.25) is 0 Å². The summed E-state index contributed by atoms with van der Waals surface area (Å²) in [5.74, 6) is -0.734. The van der Waals surface area contributed by atoms with Gasteiger partial charge in [-0.25, -0.2) is 4.18 Å². The van der Waals surface area contributed by atoms with Gasteiger partial charge in [0.25, 0.3) is 0 Å². The number of aliphatic hydroxyl groups excluding tert-OH is 5. The molecule has 7 N–H and O–H groups in total. The summed E-state index contributed by atoms with van der Waals surface area (Å²) in [5, 5.41) is 54.9. The highest BCUT2D eigenvalue weighted by Crippen LogP contribution is 2.26. The van der Waals surface area contributed by atoms with Crippen LogP contribution in [-0.4, -0.2) is 107 Å². The van der Waals surface area contributed by atoms with E-state index in [4.69, 9.17) is 14.0 Å². The van der Waals surface area contributed by atoms with Crippen molar-refractivity contribution in [2.45, 2.75) is 204 Å². The van der Waals surface area contributed by atoms with E-state index in [1.807, 2.05) is 0 Å². The normalized spacial score (nSPS) is 22.3. The second-order valence-corrected chi connectivity index (χ2v) is 16.1. The van der Waals surface area contributed by atoms with Crippen LogP contribution in [0.5, 0.6) is 0 Å². The molecule has 13 nitrogen and oxygen atoms in total. The molecule has 0 aliphatic carbocycles. The SMILES string of the molecule is CCCC/C=C\CCCCCC(O)C(=O)NC(COC1OC(CO)C(O)C(OS(=O)(=O)O)C1O)C(O)/C=C/CC/C=C/CC/C=C/CCCCCCCCCCC. The number of amides is 1. The number of unbranched alkanes of at least 4 members (excludes halogenated alkanes) is 16. The summed E-state index contributed by atoms with van der Waals surface area (Å²) in [6.45, 7) is 3.10. The van der Waals surface area contributed by atoms with Gasteiger partial charge in [-0.1, -0.05) is 140 Å². The average Bonchev–Trinajstić information content (AvgIpc) is 3.18. The van der Waals surface area contributed by atoms with Crippen molar-refractivity contribution in [1.82, 2.24) is 5.32 Å². The Bertz CT molecular complexity index is 1230. The molecule has 0 radical (unpaired) electrons. The Morgan fingerprint density at radius 3 is 1.74 bits per heavy atom. The molecule has 332 valence electrons. The predicted octanol–water partition coefficient (Wildman–Crippen LogP) is 6.68. The van der Waals surface area contributed by atoms with Gasteiger partial charge in [-0.3, -0.25) is 9.35 Å². The molecule has 1 fully saturated rings. The Labute approximate surface area is 343 Å². The van der Waals surface area contributed by atoms with Gasteiger partial charge in [0.2, 0.25) is 5.91 Å². The van der Waals surface area contributed by atoms with Crippen molar-refractivity contribution in [3.8, 4) is 0 Å². The van der Waals surface area contributed by atoms with Gasteiger partial charge in [0.1, 0.15) is 30.5 Å². The second kappa shape index (κ2) is 33.8. The van der Waals surface area contributed by atoms with E-state index < -0.39 is 78.5 Å². The highest BCUT2D eigenvalue weighted by atomic mass is 32.3. The van der Waals surface area contributed by atoms with Gasteiger partial charge in [0, 0.05) is 0 Å². The summed E-state index contributed by atoms with van der Waals surface area (Å²) in [4.78, 5) is 13.0. The molecule has 0 aromatic rings. The van der Waals surface area contributed by atoms with Crippen LogP contribution >= 0.6 is 0 Å². The maximum Gasteiger partial charge on any atom is 0.397 e. The standard InChI is InChI=1S/C43H77NO12S/c1-3-5-7-9-11-13-14-15-16-17-18-19-20-21-22-24-25-27-29-31-36(46)35(44-42(50)37(47)32-30-28-26-23-12-10-8-6-4-2)34-54-43-40(49)41(56-57(51,52)53)39(48)38(33-45)55-43/h10,12,18-19,22,24,29,31,35-41,43,45-49H,3-9,11,13-17,20-21,23,25-28,30,32-34H2,1-2H3,(H,44,50)(H,51,52,53)/b12-10-,19-18+,24-22+,31-29+. The van der Waals surface area contributed by atoms with Crippen LogP contribution in [0.25, 0.3) is 0 Å². The minimum atomic E-state index is -5.12. The molecule has 14 heteroatoms. The molecule has 1 rings (SSSR count). The number of rotatable bonds is 35. The second-order valence-electron chi connectivity index (χ2n) is 15.0. The van der Waals surface area contributed by atoms with Crippen molar-refractivity contribution in [3.63, 3.8) is 0 Å². The molecule has 1 aliphatic heterocycles. The smallest absolute Gasteiger partial charge is 0.394 e. The Balaban J connectivity index is 2.66. The van der Waals surface area contributed by atoms with E-state index in [2.05, 4.69) is 59.8 Å². The number of nitrogens with one attached hydrogen (secondary N) is 1. The molecule has 8 unspecified atom stereocenters. The van der Waals surface area contributed by atoms with E-state index in [1.54, 1.807) is 6.08 Å². The number of aliphatic hydroxyl groups is 5. The Hall–Kier alpha value is -1.98. The number of carbonyl (C=O) groups is 1. The maximum absolute atomic E-state index is 13.0. The fourth-order valence-electron chi connectivity index (χ4n) is 6.41. The molecular weight excluding hydrogens is 755 g/mol. The molecule has 0 bridgehead atoms. The van der Waals surface area contributed by atoms with Gasteiger partial charge in [-0.2, -0.15) is 8.42 Å². The lowest BCUT2D eigenvalue weighted by atomic mass is 9.99. The van der Waals surface area contributed by atoms with Crippen molar-refractivity contribution in [3.05, 3.63) is 48.6 Å². The van der Waals surface area contributed by atoms with Crippen LogP contribution in [0.1, 0.15) is 155 Å². The topological polar surface area (TPSA) is 212 Å². The van der Waals surface area contributed by atoms with Crippen LogP contribution in [0, 0.1) is 0 Å². The quantitative estimate of drug-likeness (QED) is 0.0203. The zero-order valence-corrected chi connectivity index (χ0v) is 35.6. The fraction of sp³-hybridized carbons (Fsp3) is 0.791. The first-order valence-corrected chi connectivity index (χ1v) is 23.0. The summed E-state index contributed by atoms with van der Waals surface area (Å²) in [6.07, 6.45) is 27.9. The average molecular weight is 832 g/mol. The van der Waals surface area contributed by atoms with Crippen molar-refractivity contribution < 1.29 is 57.0 Å². The van der Waals surface area contributed by atoms with E-state index in [1.165, 1.54) is 63.9 Å². The van der Waals surface area contributed by atoms with E-state index in [0.29, 0.717) is 12.8 Å². The first kappa shape index (κ1) is 53.0. The molecular formula is C43H77NO12S. The molecule has 8 atom stereocenters. The van der Waals surface area contributed by atoms with Crippen molar-refractivity contribution >= 4 is 16.3 Å². The Morgan fingerprint density at radius 1 is 0.702 bits per heavy atom. The van der Waals surface area contributed by atoms with E-state index in [-0.39, 0.29) is 6.42 Å². The molecule has 0 aromatic carbocycles. The largest absolute Gasteiger partial charge is 0.397 e. The Kier molecular flexibility index (Phi) is 31.5. The van der Waals surface area contributed by atoms with E-state index >= 15 is 0 Å². The number of carbonyl (C=O) groups excluding carboxylic acids is 1. The predicted molar refractivity (Wildman–Crippen MR) is 224 cm³/mol. The van der Waals surface area contributed by atoms with E-state index in [9.17, 15) is 38.7 Å². The molecule has 1 aliphatic rings. The van der Waals surface area contributed by atoms with Crippen LogP contribution in [0.3, 0.4) is 0 Å². The van der Waals surface area contributed by atoms with Gasteiger partial charge in [0.05, 0.1) is 25.4 Å². The van der Waals surface area contributed by atoms with Crippen LogP contribution in [0.4, 0.5) is 0 Å². The third kappa shape index (κ3) is 26.7. The highest BCUT2D eigenvalue weighted by Gasteiger charge is 2.48. The third-order valence-corrected chi connectivity index (χ3v) is 10.4. The lowest BCUT2D eigenvalue weighted by Crippen LogP contribution is -2.61. The summed E-state index contributed by atoms with van der Waals surface area (Å²) < 4.78 is 47.3. The molecule has 1 amide bonds. The summed E-state index contributed by atoms with van der Waals surface area (Å²) in [7, 11) is -5.12. The number of allylic oxidation sites excluding steroid dienone is 7. The van der Waals surface area contributed by atoms with Gasteiger partial charge >= 0.3 is 10.4 Å². The van der Waals surface area contributed by atoms with Crippen molar-refractivity contribution in [2.24, 2.45) is 0 Å². The first-order valence-electron chi connectivity index (χ1n) is 21.6. The molecule has 1 heterocycles. The van der Waals surface area contributed by atoms with Crippen LogP contribution < -0.4 is 5.32 Å². The Morgan fingerprint density at radius 2 is 1.19 bits per heavy atom. The number of hydrogen-bond acceptors (Lipinski definition) is 11. The summed E-state index contributed by atoms with van der Waals surface area (Å²) in [5.41, 5.74) is 0. The minimum Gasteiger partial charge on any atom is -0.394 e. The molecule has 0 spiro atoms. The van der Waals surface area contributed by atoms with Crippen molar-refractivity contribution in [2.75, 3.05) is 13.2 Å². The molecule has 0 saturated carbocycles. The lowest BCUT2D eigenvalue weighted by molar-refractivity contribution is -0.298. The zero-order chi connectivity index (χ0) is 42.2. The maximum atomic E-state index is 13.0. The summed E-state index contributed by atoms with van der Waals surface area (Å²) >= 11 is 0. The van der Waals surface area contributed by atoms with Crippen LogP contribution in [-0.2, 0) is 28.9 Å². The minimum absolute atomic E-state index is 0.210. The molecule has 1 saturated heterocycles. The first-order chi connectivity index (χ1) is 27.4. The molecule has 0 aromatic heterocycles. The van der Waals surface area contributed by atoms with E-state index in [0.717, 1.165) is 64.2 Å². The van der Waals surface area contributed by atoms with Gasteiger partial charge in [-0.15, -0.1) is 0 Å². The highest BCUT2D eigenvalue weighted by molar-refractivity contribution is 7.80. The fourth-order valence-corrected chi connectivity index (χ4v) is 6.92. The lowest BCUT2D eigenvalue weighted by Gasteiger charge is -2.41. The molecule has 57 heavy (non-hydrogen) atoms. The number of ether oxygens (including phenoxy) is 2. The summed E-state index contributed by atoms with van der Waals surface area (Å²) in [6, 6.07) is -1.15. The van der Waals surface area contributed by atoms with Gasteiger partial charge in [-0.05, 0) is 64.2 Å². The van der Waals surface area contributed by atoms with Gasteiger partial charge in [0.15, 0.2) is 6.29 Å².